The first-order valence-corrected chi connectivity index (χ1v) is 8.76. The Morgan fingerprint density at radius 3 is 2.35 bits per heavy atom. The van der Waals surface area contributed by atoms with Gasteiger partial charge in [-0.25, -0.2) is 4.39 Å². The third-order valence-electron chi connectivity index (χ3n) is 3.92. The number of methoxy groups -OCH3 is 1. The van der Waals surface area contributed by atoms with Gasteiger partial charge in [0.2, 0.25) is 0 Å². The molecule has 0 fully saturated rings. The van der Waals surface area contributed by atoms with Gasteiger partial charge in [-0.3, -0.25) is 4.79 Å². The lowest BCUT2D eigenvalue weighted by atomic mass is 10.1. The average Bonchev–Trinajstić information content (AvgIpc) is 2.66. The molecule has 0 unspecified atom stereocenters. The summed E-state index contributed by atoms with van der Waals surface area (Å²) in [6.45, 7) is 0.234. The minimum Gasteiger partial charge on any atom is -0.497 e. The Bertz CT molecular complexity index is 937. The Morgan fingerprint density at radius 2 is 1.69 bits per heavy atom. The van der Waals surface area contributed by atoms with E-state index >= 15 is 0 Å². The standard InChI is InChI=1S/C20H17BrFNO3/c1-25-17-8-4-13(5-9-17)10-15-11-23-20(24)18(21)19(15)26-12-14-2-6-16(22)7-3-14/h2-9,11H,10,12H2,1H3,(H,23,24). The van der Waals surface area contributed by atoms with Crippen LogP contribution in [-0.4, -0.2) is 12.1 Å². The van der Waals surface area contributed by atoms with Crippen molar-refractivity contribution in [1.82, 2.24) is 4.98 Å². The fraction of sp³-hybridized carbons (Fsp3) is 0.150. The Balaban J connectivity index is 1.84. The van der Waals surface area contributed by atoms with Crippen molar-refractivity contribution >= 4 is 15.9 Å². The molecular formula is C20H17BrFNO3. The first kappa shape index (κ1) is 18.2. The highest BCUT2D eigenvalue weighted by atomic mass is 79.9. The number of benzene rings is 2. The molecule has 6 heteroatoms. The van der Waals surface area contributed by atoms with Gasteiger partial charge in [-0.05, 0) is 51.3 Å². The molecule has 1 N–H and O–H groups in total. The van der Waals surface area contributed by atoms with E-state index in [9.17, 15) is 9.18 Å². The Labute approximate surface area is 158 Å². The Hall–Kier alpha value is -2.60. The van der Waals surface area contributed by atoms with Gasteiger partial charge in [-0.15, -0.1) is 0 Å². The van der Waals surface area contributed by atoms with Crippen LogP contribution >= 0.6 is 15.9 Å². The molecule has 4 nitrogen and oxygen atoms in total. The molecule has 0 saturated carbocycles. The van der Waals surface area contributed by atoms with Crippen molar-refractivity contribution < 1.29 is 13.9 Å². The highest BCUT2D eigenvalue weighted by Gasteiger charge is 2.13. The van der Waals surface area contributed by atoms with E-state index in [1.807, 2.05) is 24.3 Å². The fourth-order valence-corrected chi connectivity index (χ4v) is 3.00. The van der Waals surface area contributed by atoms with Crippen molar-refractivity contribution in [3.8, 4) is 11.5 Å². The number of ether oxygens (including phenoxy) is 2. The van der Waals surface area contributed by atoms with Crippen molar-refractivity contribution in [3.63, 3.8) is 0 Å². The monoisotopic (exact) mass is 417 g/mol. The zero-order valence-electron chi connectivity index (χ0n) is 14.1. The van der Waals surface area contributed by atoms with Crippen molar-refractivity contribution in [1.29, 1.82) is 0 Å². The Kier molecular flexibility index (Phi) is 5.73. The molecule has 2 aromatic carbocycles. The number of rotatable bonds is 6. The molecule has 26 heavy (non-hydrogen) atoms. The number of H-pyrrole nitrogens is 1. The second kappa shape index (κ2) is 8.19. The van der Waals surface area contributed by atoms with Crippen LogP contribution in [0.3, 0.4) is 0 Å². The summed E-state index contributed by atoms with van der Waals surface area (Å²) in [7, 11) is 1.62. The van der Waals surface area contributed by atoms with E-state index in [1.54, 1.807) is 25.4 Å². The summed E-state index contributed by atoms with van der Waals surface area (Å²) in [4.78, 5) is 14.6. The summed E-state index contributed by atoms with van der Waals surface area (Å²) >= 11 is 3.30. The third kappa shape index (κ3) is 4.32. The maximum Gasteiger partial charge on any atom is 0.266 e. The van der Waals surface area contributed by atoms with Crippen LogP contribution in [0.15, 0.2) is 64.0 Å². The van der Waals surface area contributed by atoms with E-state index in [-0.39, 0.29) is 18.0 Å². The van der Waals surface area contributed by atoms with E-state index in [0.717, 1.165) is 22.4 Å². The molecule has 0 bridgehead atoms. The van der Waals surface area contributed by atoms with Crippen LogP contribution in [0.4, 0.5) is 4.39 Å². The number of halogens is 2. The summed E-state index contributed by atoms with van der Waals surface area (Å²) in [5.74, 6) is 0.962. The molecule has 0 spiro atoms. The SMILES string of the molecule is COc1ccc(Cc2c[nH]c(=O)c(Br)c2OCc2ccc(F)cc2)cc1. The van der Waals surface area contributed by atoms with Crippen molar-refractivity contribution in [2.45, 2.75) is 13.0 Å². The molecule has 3 rings (SSSR count). The van der Waals surface area contributed by atoms with Gasteiger partial charge in [0.05, 0.1) is 7.11 Å². The summed E-state index contributed by atoms with van der Waals surface area (Å²) < 4.78 is 24.4. The molecule has 1 aromatic heterocycles. The first-order valence-electron chi connectivity index (χ1n) is 7.97. The van der Waals surface area contributed by atoms with Gasteiger partial charge in [0.25, 0.3) is 5.56 Å². The number of aromatic amines is 1. The van der Waals surface area contributed by atoms with E-state index < -0.39 is 0 Å². The van der Waals surface area contributed by atoms with Crippen molar-refractivity contribution in [3.05, 3.63) is 92.1 Å². The van der Waals surface area contributed by atoms with Crippen LogP contribution < -0.4 is 15.0 Å². The van der Waals surface area contributed by atoms with E-state index in [0.29, 0.717) is 16.6 Å². The summed E-state index contributed by atoms with van der Waals surface area (Å²) in [6.07, 6.45) is 2.23. The van der Waals surface area contributed by atoms with Gasteiger partial charge in [-0.1, -0.05) is 24.3 Å². The number of pyridine rings is 1. The quantitative estimate of drug-likeness (QED) is 0.644. The minimum atomic E-state index is -0.300. The van der Waals surface area contributed by atoms with Crippen molar-refractivity contribution in [2.75, 3.05) is 7.11 Å². The zero-order chi connectivity index (χ0) is 18.5. The number of hydrogen-bond acceptors (Lipinski definition) is 3. The summed E-state index contributed by atoms with van der Waals surface area (Å²) in [5.41, 5.74) is 2.44. The molecule has 1 heterocycles. The van der Waals surface area contributed by atoms with Crippen LogP contribution in [0.25, 0.3) is 0 Å². The lowest BCUT2D eigenvalue weighted by molar-refractivity contribution is 0.300. The predicted molar refractivity (Wildman–Crippen MR) is 101 cm³/mol. The van der Waals surface area contributed by atoms with Gasteiger partial charge in [0.15, 0.2) is 0 Å². The first-order chi connectivity index (χ1) is 12.6. The molecule has 3 aromatic rings. The maximum absolute atomic E-state index is 13.0. The molecule has 0 radical (unpaired) electrons. The lowest BCUT2D eigenvalue weighted by Gasteiger charge is -2.13. The number of aromatic nitrogens is 1. The van der Waals surface area contributed by atoms with Crippen molar-refractivity contribution in [2.24, 2.45) is 0 Å². The Morgan fingerprint density at radius 1 is 1.04 bits per heavy atom. The second-order valence-corrected chi connectivity index (χ2v) is 6.52. The fourth-order valence-electron chi connectivity index (χ4n) is 2.51. The van der Waals surface area contributed by atoms with Crippen LogP contribution in [-0.2, 0) is 13.0 Å². The third-order valence-corrected chi connectivity index (χ3v) is 4.64. The number of hydrogen-bond donors (Lipinski definition) is 1. The molecule has 0 aliphatic carbocycles. The molecule has 0 amide bonds. The molecule has 0 atom stereocenters. The lowest BCUT2D eigenvalue weighted by Crippen LogP contribution is -2.11. The van der Waals surface area contributed by atoms with Crippen LogP contribution in [0.5, 0.6) is 11.5 Å². The highest BCUT2D eigenvalue weighted by molar-refractivity contribution is 9.10. The predicted octanol–water partition coefficient (Wildman–Crippen LogP) is 4.45. The topological polar surface area (TPSA) is 51.3 Å². The molecular weight excluding hydrogens is 401 g/mol. The second-order valence-electron chi connectivity index (χ2n) is 5.73. The van der Waals surface area contributed by atoms with Gasteiger partial charge in [0, 0.05) is 18.2 Å². The number of nitrogens with one attached hydrogen (secondary N) is 1. The van der Waals surface area contributed by atoms with Crippen LogP contribution in [0, 0.1) is 5.82 Å². The molecule has 0 aliphatic heterocycles. The normalized spacial score (nSPS) is 10.6. The molecule has 0 aliphatic rings. The summed E-state index contributed by atoms with van der Waals surface area (Å²) in [6, 6.07) is 13.8. The van der Waals surface area contributed by atoms with Crippen LogP contribution in [0.1, 0.15) is 16.7 Å². The minimum absolute atomic E-state index is 0.234. The zero-order valence-corrected chi connectivity index (χ0v) is 15.7. The maximum atomic E-state index is 13.0. The van der Waals surface area contributed by atoms with Gasteiger partial charge >= 0.3 is 0 Å². The summed E-state index contributed by atoms with van der Waals surface area (Å²) in [5, 5.41) is 0. The molecule has 0 saturated heterocycles. The molecule has 134 valence electrons. The van der Waals surface area contributed by atoms with Gasteiger partial charge < -0.3 is 14.5 Å². The highest BCUT2D eigenvalue weighted by Crippen LogP contribution is 2.28. The smallest absolute Gasteiger partial charge is 0.266 e. The largest absolute Gasteiger partial charge is 0.497 e. The average molecular weight is 418 g/mol. The van der Waals surface area contributed by atoms with E-state index in [1.165, 1.54) is 12.1 Å². The van der Waals surface area contributed by atoms with E-state index in [4.69, 9.17) is 9.47 Å². The van der Waals surface area contributed by atoms with Gasteiger partial charge in [0.1, 0.15) is 28.4 Å². The van der Waals surface area contributed by atoms with Crippen LogP contribution in [0.2, 0.25) is 0 Å². The van der Waals surface area contributed by atoms with Gasteiger partial charge in [-0.2, -0.15) is 0 Å². The van der Waals surface area contributed by atoms with E-state index in [2.05, 4.69) is 20.9 Å².